The Morgan fingerprint density at radius 2 is 2.07 bits per heavy atom. The standard InChI is InChI=1S/C13H19IO/c1-3-4-5-9-12(15)11-8-6-7-10(2)13(11)14/h6-8,12,15H,3-5,9H2,1-2H3. The van der Waals surface area contributed by atoms with Gasteiger partial charge in [0.1, 0.15) is 0 Å². The zero-order valence-electron chi connectivity index (χ0n) is 9.46. The maximum Gasteiger partial charge on any atom is 0.0800 e. The van der Waals surface area contributed by atoms with E-state index in [-0.39, 0.29) is 6.10 Å². The van der Waals surface area contributed by atoms with E-state index in [1.807, 2.05) is 12.1 Å². The number of hydrogen-bond acceptors (Lipinski definition) is 1. The second-order valence-corrected chi connectivity index (χ2v) is 5.07. The summed E-state index contributed by atoms with van der Waals surface area (Å²) in [5, 5.41) is 10.0. The fourth-order valence-corrected chi connectivity index (χ4v) is 2.39. The van der Waals surface area contributed by atoms with Crippen molar-refractivity contribution < 1.29 is 5.11 Å². The quantitative estimate of drug-likeness (QED) is 0.637. The third-order valence-corrected chi connectivity index (χ3v) is 4.14. The molecule has 0 aliphatic carbocycles. The first kappa shape index (κ1) is 13.0. The Hall–Kier alpha value is -0.0900. The van der Waals surface area contributed by atoms with Crippen LogP contribution in [-0.4, -0.2) is 5.11 Å². The van der Waals surface area contributed by atoms with Gasteiger partial charge < -0.3 is 5.11 Å². The second kappa shape index (κ2) is 6.48. The second-order valence-electron chi connectivity index (χ2n) is 3.99. The minimum Gasteiger partial charge on any atom is -0.388 e. The van der Waals surface area contributed by atoms with E-state index in [2.05, 4.69) is 42.5 Å². The van der Waals surface area contributed by atoms with Gasteiger partial charge in [-0.1, -0.05) is 44.4 Å². The molecule has 0 saturated carbocycles. The third-order valence-electron chi connectivity index (χ3n) is 2.66. The number of benzene rings is 1. The lowest BCUT2D eigenvalue weighted by Gasteiger charge is -2.13. The van der Waals surface area contributed by atoms with Crippen molar-refractivity contribution >= 4 is 22.6 Å². The summed E-state index contributed by atoms with van der Waals surface area (Å²) in [6.07, 6.45) is 4.12. The molecule has 1 atom stereocenters. The van der Waals surface area contributed by atoms with Gasteiger partial charge in [-0.3, -0.25) is 0 Å². The first-order valence-electron chi connectivity index (χ1n) is 5.60. The lowest BCUT2D eigenvalue weighted by molar-refractivity contribution is 0.162. The van der Waals surface area contributed by atoms with Gasteiger partial charge in [0.25, 0.3) is 0 Å². The van der Waals surface area contributed by atoms with Gasteiger partial charge >= 0.3 is 0 Å². The Bertz CT molecular complexity index is 309. The van der Waals surface area contributed by atoms with Crippen LogP contribution in [0.3, 0.4) is 0 Å². The van der Waals surface area contributed by atoms with Crippen molar-refractivity contribution in [3.05, 3.63) is 32.9 Å². The van der Waals surface area contributed by atoms with E-state index in [0.717, 1.165) is 18.4 Å². The molecular formula is C13H19IO. The molecule has 1 aromatic rings. The first-order chi connectivity index (χ1) is 7.16. The molecule has 0 radical (unpaired) electrons. The van der Waals surface area contributed by atoms with Crippen molar-refractivity contribution in [1.82, 2.24) is 0 Å². The molecule has 1 N–H and O–H groups in total. The van der Waals surface area contributed by atoms with E-state index in [9.17, 15) is 5.11 Å². The minimum atomic E-state index is -0.289. The Kier molecular flexibility index (Phi) is 5.61. The predicted octanol–water partition coefficient (Wildman–Crippen LogP) is 4.21. The Morgan fingerprint density at radius 1 is 1.33 bits per heavy atom. The summed E-state index contributed by atoms with van der Waals surface area (Å²) >= 11 is 2.32. The van der Waals surface area contributed by atoms with Gasteiger partial charge in [-0.25, -0.2) is 0 Å². The fraction of sp³-hybridized carbons (Fsp3) is 0.538. The van der Waals surface area contributed by atoms with Crippen LogP contribution in [0.1, 0.15) is 49.8 Å². The molecule has 0 bridgehead atoms. The average Bonchev–Trinajstić information content (AvgIpc) is 2.22. The first-order valence-corrected chi connectivity index (χ1v) is 6.67. The monoisotopic (exact) mass is 318 g/mol. The van der Waals surface area contributed by atoms with E-state index in [1.54, 1.807) is 0 Å². The van der Waals surface area contributed by atoms with Gasteiger partial charge in [-0.05, 0) is 47.1 Å². The summed E-state index contributed by atoms with van der Waals surface area (Å²) in [6.45, 7) is 4.27. The number of rotatable bonds is 5. The van der Waals surface area contributed by atoms with Crippen LogP contribution >= 0.6 is 22.6 Å². The van der Waals surface area contributed by atoms with Crippen LogP contribution in [0.15, 0.2) is 18.2 Å². The van der Waals surface area contributed by atoms with E-state index in [1.165, 1.54) is 22.0 Å². The maximum absolute atomic E-state index is 10.0. The largest absolute Gasteiger partial charge is 0.388 e. The molecule has 0 amide bonds. The summed E-state index contributed by atoms with van der Waals surface area (Å²) in [6, 6.07) is 6.14. The maximum atomic E-state index is 10.0. The summed E-state index contributed by atoms with van der Waals surface area (Å²) in [7, 11) is 0. The molecule has 0 fully saturated rings. The topological polar surface area (TPSA) is 20.2 Å². The molecule has 0 aliphatic heterocycles. The molecule has 2 heteroatoms. The zero-order valence-corrected chi connectivity index (χ0v) is 11.6. The van der Waals surface area contributed by atoms with Gasteiger partial charge in [0.15, 0.2) is 0 Å². The Balaban J connectivity index is 2.65. The SMILES string of the molecule is CCCCCC(O)c1cccc(C)c1I. The molecule has 1 nitrogen and oxygen atoms in total. The summed E-state index contributed by atoms with van der Waals surface area (Å²) in [5.74, 6) is 0. The minimum absolute atomic E-state index is 0.289. The highest BCUT2D eigenvalue weighted by Crippen LogP contribution is 2.26. The van der Waals surface area contributed by atoms with Gasteiger partial charge in [0.05, 0.1) is 6.10 Å². The van der Waals surface area contributed by atoms with Crippen molar-refractivity contribution in [1.29, 1.82) is 0 Å². The van der Waals surface area contributed by atoms with Crippen LogP contribution in [0.5, 0.6) is 0 Å². The van der Waals surface area contributed by atoms with E-state index in [0.29, 0.717) is 0 Å². The van der Waals surface area contributed by atoms with Crippen molar-refractivity contribution in [2.75, 3.05) is 0 Å². The zero-order chi connectivity index (χ0) is 11.3. The molecule has 15 heavy (non-hydrogen) atoms. The van der Waals surface area contributed by atoms with Gasteiger partial charge in [-0.15, -0.1) is 0 Å². The van der Waals surface area contributed by atoms with Gasteiger partial charge in [-0.2, -0.15) is 0 Å². The Labute approximate surface area is 106 Å². The number of hydrogen-bond donors (Lipinski definition) is 1. The van der Waals surface area contributed by atoms with Gasteiger partial charge in [0, 0.05) is 3.57 Å². The van der Waals surface area contributed by atoms with E-state index >= 15 is 0 Å². The van der Waals surface area contributed by atoms with Crippen molar-refractivity contribution in [2.45, 2.75) is 45.6 Å². The molecule has 0 spiro atoms. The molecular weight excluding hydrogens is 299 g/mol. The number of halogens is 1. The highest BCUT2D eigenvalue weighted by Gasteiger charge is 2.11. The van der Waals surface area contributed by atoms with Crippen molar-refractivity contribution in [3.63, 3.8) is 0 Å². The molecule has 1 unspecified atom stereocenters. The third kappa shape index (κ3) is 3.76. The van der Waals surface area contributed by atoms with E-state index in [4.69, 9.17) is 0 Å². The van der Waals surface area contributed by atoms with E-state index < -0.39 is 0 Å². The Morgan fingerprint density at radius 3 is 2.73 bits per heavy atom. The predicted molar refractivity (Wildman–Crippen MR) is 73.0 cm³/mol. The van der Waals surface area contributed by atoms with Crippen LogP contribution < -0.4 is 0 Å². The summed E-state index contributed by atoms with van der Waals surface area (Å²) in [5.41, 5.74) is 2.34. The molecule has 0 aromatic heterocycles. The highest BCUT2D eigenvalue weighted by atomic mass is 127. The van der Waals surface area contributed by atoms with Crippen LogP contribution in [-0.2, 0) is 0 Å². The number of aryl methyl sites for hydroxylation is 1. The number of unbranched alkanes of at least 4 members (excludes halogenated alkanes) is 2. The summed E-state index contributed by atoms with van der Waals surface area (Å²) in [4.78, 5) is 0. The van der Waals surface area contributed by atoms with Crippen LogP contribution in [0.2, 0.25) is 0 Å². The van der Waals surface area contributed by atoms with Crippen LogP contribution in [0.25, 0.3) is 0 Å². The normalized spacial score (nSPS) is 12.8. The van der Waals surface area contributed by atoms with Crippen LogP contribution in [0.4, 0.5) is 0 Å². The summed E-state index contributed by atoms with van der Waals surface area (Å²) < 4.78 is 1.21. The lowest BCUT2D eigenvalue weighted by Crippen LogP contribution is -2.01. The van der Waals surface area contributed by atoms with Gasteiger partial charge in [0.2, 0.25) is 0 Å². The highest BCUT2D eigenvalue weighted by molar-refractivity contribution is 14.1. The number of aliphatic hydroxyl groups is 1. The van der Waals surface area contributed by atoms with Crippen molar-refractivity contribution in [2.24, 2.45) is 0 Å². The molecule has 84 valence electrons. The molecule has 1 rings (SSSR count). The molecule has 0 saturated heterocycles. The van der Waals surface area contributed by atoms with Crippen LogP contribution in [0, 0.1) is 10.5 Å². The molecule has 1 aromatic carbocycles. The smallest absolute Gasteiger partial charge is 0.0800 e. The lowest BCUT2D eigenvalue weighted by atomic mass is 10.0. The molecule has 0 heterocycles. The number of aliphatic hydroxyl groups excluding tert-OH is 1. The fourth-order valence-electron chi connectivity index (χ4n) is 1.67. The average molecular weight is 318 g/mol. The molecule has 0 aliphatic rings. The van der Waals surface area contributed by atoms with Crippen molar-refractivity contribution in [3.8, 4) is 0 Å².